The van der Waals surface area contributed by atoms with E-state index in [9.17, 15) is 0 Å². The second-order valence-corrected chi connectivity index (χ2v) is 7.22. The summed E-state index contributed by atoms with van der Waals surface area (Å²) in [5.74, 6) is 2.59. The van der Waals surface area contributed by atoms with Crippen molar-refractivity contribution in [2.45, 2.75) is 51.1 Å². The largest absolute Gasteiger partial charge is 0.341 e. The number of hydrogen-bond acceptors (Lipinski definition) is 6. The Labute approximate surface area is 158 Å². The highest BCUT2D eigenvalue weighted by molar-refractivity contribution is 5.65. The number of fused-ring (bicyclic) bond motifs is 3. The Morgan fingerprint density at radius 3 is 2.74 bits per heavy atom. The maximum atomic E-state index is 4.94. The van der Waals surface area contributed by atoms with E-state index in [0.29, 0.717) is 12.0 Å². The lowest BCUT2D eigenvalue weighted by Gasteiger charge is -2.40. The fourth-order valence-electron chi connectivity index (χ4n) is 4.36. The summed E-state index contributed by atoms with van der Waals surface area (Å²) in [6.45, 7) is 2.21. The molecule has 2 aliphatic rings. The minimum Gasteiger partial charge on any atom is -0.341 e. The lowest BCUT2D eigenvalue weighted by molar-refractivity contribution is 0.469. The van der Waals surface area contributed by atoms with E-state index in [0.717, 1.165) is 29.4 Å². The van der Waals surface area contributed by atoms with Gasteiger partial charge in [0.1, 0.15) is 12.0 Å². The van der Waals surface area contributed by atoms with Crippen molar-refractivity contribution in [2.24, 2.45) is 0 Å². The van der Waals surface area contributed by atoms with Gasteiger partial charge >= 0.3 is 0 Å². The lowest BCUT2D eigenvalue weighted by atomic mass is 10.0. The van der Waals surface area contributed by atoms with E-state index in [2.05, 4.69) is 32.3 Å². The summed E-state index contributed by atoms with van der Waals surface area (Å²) < 4.78 is 2.04. The zero-order valence-corrected chi connectivity index (χ0v) is 15.4. The van der Waals surface area contributed by atoms with Crippen LogP contribution in [-0.4, -0.2) is 30.8 Å². The van der Waals surface area contributed by atoms with Crippen molar-refractivity contribution in [2.75, 3.05) is 10.2 Å². The third-order valence-electron chi connectivity index (χ3n) is 5.60. The summed E-state index contributed by atoms with van der Waals surface area (Å²) in [4.78, 5) is 12.0. The van der Waals surface area contributed by atoms with Crippen molar-refractivity contribution in [1.82, 2.24) is 24.7 Å². The van der Waals surface area contributed by atoms with Crippen LogP contribution in [0.3, 0.4) is 0 Å². The summed E-state index contributed by atoms with van der Waals surface area (Å²) >= 11 is 0. The third-order valence-corrected chi connectivity index (χ3v) is 5.60. The number of para-hydroxylation sites is 1. The normalized spacial score (nSPS) is 19.0. The maximum absolute atomic E-state index is 4.94. The van der Waals surface area contributed by atoms with Crippen molar-refractivity contribution in [3.63, 3.8) is 0 Å². The molecule has 0 radical (unpaired) electrons. The summed E-state index contributed by atoms with van der Waals surface area (Å²) in [5.41, 5.74) is 1.95. The Hall–Kier alpha value is -2.96. The first kappa shape index (κ1) is 16.2. The van der Waals surface area contributed by atoms with Gasteiger partial charge in [-0.3, -0.25) is 4.57 Å². The summed E-state index contributed by atoms with van der Waals surface area (Å²) in [5, 5.41) is 11.9. The van der Waals surface area contributed by atoms with Crippen LogP contribution in [0.1, 0.15) is 50.9 Å². The van der Waals surface area contributed by atoms with E-state index >= 15 is 0 Å². The monoisotopic (exact) mass is 361 g/mol. The Morgan fingerprint density at radius 1 is 1.15 bits per heavy atom. The van der Waals surface area contributed by atoms with E-state index in [1.165, 1.54) is 25.7 Å². The number of nitrogens with zero attached hydrogens (tertiary/aromatic N) is 6. The highest BCUT2D eigenvalue weighted by Crippen LogP contribution is 2.42. The Bertz CT molecular complexity index is 931. The summed E-state index contributed by atoms with van der Waals surface area (Å²) in [6, 6.07) is 10.7. The molecule has 3 heterocycles. The number of aromatic nitrogens is 5. The maximum Gasteiger partial charge on any atom is 0.229 e. The van der Waals surface area contributed by atoms with Crippen LogP contribution < -0.4 is 10.2 Å². The fraction of sp³-hybridized carbons (Fsp3) is 0.400. The second-order valence-electron chi connectivity index (χ2n) is 7.22. The van der Waals surface area contributed by atoms with Crippen LogP contribution in [0.2, 0.25) is 0 Å². The van der Waals surface area contributed by atoms with Gasteiger partial charge < -0.3 is 10.2 Å². The first-order valence-electron chi connectivity index (χ1n) is 9.73. The number of rotatable bonds is 4. The zero-order chi connectivity index (χ0) is 18.2. The molecule has 1 atom stereocenters. The molecule has 1 aromatic carbocycles. The molecule has 7 nitrogen and oxygen atoms in total. The minimum absolute atomic E-state index is 0.197. The molecule has 1 N–H and O–H groups in total. The molecule has 7 heteroatoms. The smallest absolute Gasteiger partial charge is 0.229 e. The predicted octanol–water partition coefficient (Wildman–Crippen LogP) is 4.01. The molecule has 2 aromatic heterocycles. The van der Waals surface area contributed by atoms with Gasteiger partial charge in [-0.25, -0.2) is 4.98 Å². The molecule has 0 bridgehead atoms. The Morgan fingerprint density at radius 2 is 1.96 bits per heavy atom. The van der Waals surface area contributed by atoms with Crippen LogP contribution in [0.4, 0.5) is 17.5 Å². The first-order chi connectivity index (χ1) is 13.3. The third kappa shape index (κ3) is 2.74. The molecule has 138 valence electrons. The summed E-state index contributed by atoms with van der Waals surface area (Å²) in [6.07, 6.45) is 9.59. The van der Waals surface area contributed by atoms with E-state index in [-0.39, 0.29) is 6.04 Å². The van der Waals surface area contributed by atoms with Crippen LogP contribution in [-0.2, 0) is 0 Å². The molecule has 1 saturated carbocycles. The Kier molecular flexibility index (Phi) is 3.99. The van der Waals surface area contributed by atoms with Crippen LogP contribution in [0.5, 0.6) is 0 Å². The quantitative estimate of drug-likeness (QED) is 0.757. The molecule has 27 heavy (non-hydrogen) atoms. The van der Waals surface area contributed by atoms with Crippen LogP contribution in [0.15, 0.2) is 42.9 Å². The van der Waals surface area contributed by atoms with Gasteiger partial charge in [-0.15, -0.1) is 10.2 Å². The molecular formula is C20H23N7. The predicted molar refractivity (Wildman–Crippen MR) is 104 cm³/mol. The van der Waals surface area contributed by atoms with Crippen molar-refractivity contribution >= 4 is 17.5 Å². The minimum atomic E-state index is 0.197. The molecular weight excluding hydrogens is 338 g/mol. The SMILES string of the molecule is CC[C@@H]1c2nncn2-c2cnc(Nc3ccccc3)nc2N1C1CCCC1. The lowest BCUT2D eigenvalue weighted by Crippen LogP contribution is -2.42. The van der Waals surface area contributed by atoms with Gasteiger partial charge in [-0.05, 0) is 31.4 Å². The molecule has 0 amide bonds. The number of nitrogens with one attached hydrogen (secondary N) is 1. The van der Waals surface area contributed by atoms with Gasteiger partial charge in [0.25, 0.3) is 0 Å². The van der Waals surface area contributed by atoms with Crippen molar-refractivity contribution < 1.29 is 0 Å². The highest BCUT2D eigenvalue weighted by atomic mass is 15.4. The van der Waals surface area contributed by atoms with Gasteiger partial charge in [0, 0.05) is 11.7 Å². The number of anilines is 3. The number of benzene rings is 1. The fourth-order valence-corrected chi connectivity index (χ4v) is 4.36. The van der Waals surface area contributed by atoms with E-state index in [1.807, 2.05) is 41.1 Å². The molecule has 0 unspecified atom stereocenters. The van der Waals surface area contributed by atoms with Crippen LogP contribution in [0.25, 0.3) is 5.69 Å². The molecule has 1 fully saturated rings. The molecule has 1 aliphatic carbocycles. The van der Waals surface area contributed by atoms with E-state index < -0.39 is 0 Å². The van der Waals surface area contributed by atoms with Gasteiger partial charge in [-0.2, -0.15) is 4.98 Å². The topological polar surface area (TPSA) is 71.8 Å². The standard InChI is InChI=1S/C20H23N7/c1-2-16-19-25-22-13-26(19)17-12-21-20(23-14-8-4-3-5-9-14)24-18(17)27(16)15-10-6-7-11-15/h3-5,8-9,12-13,15-16H,2,6-7,10-11H2,1H3,(H,21,23,24)/t16-/m1/s1. The average molecular weight is 361 g/mol. The van der Waals surface area contributed by atoms with E-state index in [1.54, 1.807) is 6.33 Å². The van der Waals surface area contributed by atoms with Crippen molar-refractivity contribution in [1.29, 1.82) is 0 Å². The molecule has 0 spiro atoms. The molecule has 0 saturated heterocycles. The molecule has 1 aliphatic heterocycles. The summed E-state index contributed by atoms with van der Waals surface area (Å²) in [7, 11) is 0. The molecule has 3 aromatic rings. The van der Waals surface area contributed by atoms with Gasteiger partial charge in [0.2, 0.25) is 5.95 Å². The van der Waals surface area contributed by atoms with Gasteiger partial charge in [-0.1, -0.05) is 38.0 Å². The van der Waals surface area contributed by atoms with Crippen molar-refractivity contribution in [3.8, 4) is 5.69 Å². The van der Waals surface area contributed by atoms with Crippen molar-refractivity contribution in [3.05, 3.63) is 48.7 Å². The highest BCUT2D eigenvalue weighted by Gasteiger charge is 2.38. The van der Waals surface area contributed by atoms with Gasteiger partial charge in [0.15, 0.2) is 11.6 Å². The van der Waals surface area contributed by atoms with E-state index in [4.69, 9.17) is 4.98 Å². The average Bonchev–Trinajstić information content (AvgIpc) is 3.39. The first-order valence-corrected chi connectivity index (χ1v) is 9.73. The number of hydrogen-bond donors (Lipinski definition) is 1. The van der Waals surface area contributed by atoms with Gasteiger partial charge in [0.05, 0.1) is 12.2 Å². The molecule has 5 rings (SSSR count). The second kappa shape index (κ2) is 6.64. The zero-order valence-electron chi connectivity index (χ0n) is 15.4. The van der Waals surface area contributed by atoms with Crippen LogP contribution >= 0.6 is 0 Å². The van der Waals surface area contributed by atoms with Crippen LogP contribution in [0, 0.1) is 0 Å². The Balaban J connectivity index is 1.60.